The monoisotopic (exact) mass is 318 g/mol. The van der Waals surface area contributed by atoms with Gasteiger partial charge in [0, 0.05) is 51.0 Å². The highest BCUT2D eigenvalue weighted by molar-refractivity contribution is 5.95. The van der Waals surface area contributed by atoms with Crippen molar-refractivity contribution in [3.05, 3.63) is 29.8 Å². The molecule has 2 amide bonds. The van der Waals surface area contributed by atoms with E-state index in [4.69, 9.17) is 5.73 Å². The summed E-state index contributed by atoms with van der Waals surface area (Å²) >= 11 is 0. The summed E-state index contributed by atoms with van der Waals surface area (Å²) in [5.41, 5.74) is 7.15. The minimum atomic E-state index is -0.426. The molecule has 0 saturated carbocycles. The van der Waals surface area contributed by atoms with Crippen molar-refractivity contribution in [3.63, 3.8) is 0 Å². The first-order chi connectivity index (χ1) is 10.8. The number of amides is 2. The first-order valence-electron chi connectivity index (χ1n) is 7.93. The molecule has 0 unspecified atom stereocenters. The highest BCUT2D eigenvalue weighted by Crippen LogP contribution is 2.18. The van der Waals surface area contributed by atoms with Crippen molar-refractivity contribution in [3.8, 4) is 0 Å². The molecular weight excluding hydrogens is 292 g/mol. The van der Waals surface area contributed by atoms with Crippen LogP contribution in [0.1, 0.15) is 24.2 Å². The van der Waals surface area contributed by atoms with Gasteiger partial charge in [-0.05, 0) is 32.0 Å². The van der Waals surface area contributed by atoms with Gasteiger partial charge >= 0.3 is 0 Å². The third-order valence-corrected chi connectivity index (χ3v) is 4.31. The lowest BCUT2D eigenvalue weighted by Gasteiger charge is -2.42. The van der Waals surface area contributed by atoms with Crippen molar-refractivity contribution in [1.29, 1.82) is 0 Å². The zero-order chi connectivity index (χ0) is 17.1. The Bertz CT molecular complexity index is 586. The van der Waals surface area contributed by atoms with Gasteiger partial charge in [0.1, 0.15) is 6.04 Å². The van der Waals surface area contributed by atoms with Crippen LogP contribution in [0, 0.1) is 0 Å². The van der Waals surface area contributed by atoms with Gasteiger partial charge in [0.2, 0.25) is 5.91 Å². The van der Waals surface area contributed by atoms with Crippen LogP contribution >= 0.6 is 0 Å². The maximum Gasteiger partial charge on any atom is 0.254 e. The maximum absolute atomic E-state index is 12.8. The molecule has 1 heterocycles. The van der Waals surface area contributed by atoms with Gasteiger partial charge in [0.05, 0.1) is 0 Å². The number of piperazine rings is 1. The fourth-order valence-corrected chi connectivity index (χ4v) is 2.95. The van der Waals surface area contributed by atoms with Crippen LogP contribution in [0.3, 0.4) is 0 Å². The van der Waals surface area contributed by atoms with Crippen molar-refractivity contribution >= 4 is 17.5 Å². The topological polar surface area (TPSA) is 69.9 Å². The molecule has 1 saturated heterocycles. The van der Waals surface area contributed by atoms with E-state index in [-0.39, 0.29) is 17.9 Å². The fourth-order valence-electron chi connectivity index (χ4n) is 2.95. The summed E-state index contributed by atoms with van der Waals surface area (Å²) in [5, 5.41) is 0. The van der Waals surface area contributed by atoms with Crippen molar-refractivity contribution in [2.24, 2.45) is 5.73 Å². The van der Waals surface area contributed by atoms with E-state index in [2.05, 4.69) is 4.90 Å². The van der Waals surface area contributed by atoms with Crippen LogP contribution in [-0.2, 0) is 4.79 Å². The number of anilines is 1. The van der Waals surface area contributed by atoms with Gasteiger partial charge in [-0.3, -0.25) is 14.5 Å². The van der Waals surface area contributed by atoms with Gasteiger partial charge in [-0.2, -0.15) is 0 Å². The Balaban J connectivity index is 2.17. The SMILES string of the molecule is CC(C)N1CCN(C(=O)c2cccc(N(C)C)c2)C[C@@H]1C(N)=O. The van der Waals surface area contributed by atoms with E-state index in [1.54, 1.807) is 4.90 Å². The fraction of sp³-hybridized carbons (Fsp3) is 0.529. The molecule has 1 aromatic rings. The van der Waals surface area contributed by atoms with Crippen molar-refractivity contribution in [2.45, 2.75) is 25.9 Å². The Labute approximate surface area is 137 Å². The molecule has 0 aliphatic carbocycles. The molecule has 6 heteroatoms. The molecule has 0 radical (unpaired) electrons. The number of hydrogen-bond donors (Lipinski definition) is 1. The zero-order valence-corrected chi connectivity index (χ0v) is 14.3. The second-order valence-corrected chi connectivity index (χ2v) is 6.45. The summed E-state index contributed by atoms with van der Waals surface area (Å²) < 4.78 is 0. The molecule has 126 valence electrons. The number of carbonyl (C=O) groups is 2. The van der Waals surface area contributed by atoms with Crippen LogP contribution in [0.2, 0.25) is 0 Å². The van der Waals surface area contributed by atoms with E-state index in [1.165, 1.54) is 0 Å². The van der Waals surface area contributed by atoms with E-state index in [9.17, 15) is 9.59 Å². The van der Waals surface area contributed by atoms with Gasteiger partial charge in [-0.1, -0.05) is 6.07 Å². The van der Waals surface area contributed by atoms with Crippen molar-refractivity contribution in [2.75, 3.05) is 38.6 Å². The van der Waals surface area contributed by atoms with Crippen LogP contribution < -0.4 is 10.6 Å². The number of primary amides is 1. The van der Waals surface area contributed by atoms with Crippen molar-refractivity contribution in [1.82, 2.24) is 9.80 Å². The number of rotatable bonds is 4. The zero-order valence-electron chi connectivity index (χ0n) is 14.3. The second kappa shape index (κ2) is 7.00. The predicted molar refractivity (Wildman–Crippen MR) is 91.5 cm³/mol. The predicted octanol–water partition coefficient (Wildman–Crippen LogP) is 0.773. The van der Waals surface area contributed by atoms with Crippen LogP contribution in [0.5, 0.6) is 0 Å². The summed E-state index contributed by atoms with van der Waals surface area (Å²) in [4.78, 5) is 30.3. The van der Waals surface area contributed by atoms with E-state index in [0.29, 0.717) is 25.2 Å². The van der Waals surface area contributed by atoms with Crippen LogP contribution in [0.15, 0.2) is 24.3 Å². The normalized spacial score (nSPS) is 19.0. The van der Waals surface area contributed by atoms with Gasteiger partial charge in [0.25, 0.3) is 5.91 Å². The minimum Gasteiger partial charge on any atom is -0.378 e. The molecule has 1 aliphatic heterocycles. The third kappa shape index (κ3) is 3.82. The van der Waals surface area contributed by atoms with Gasteiger partial charge in [-0.15, -0.1) is 0 Å². The minimum absolute atomic E-state index is 0.0524. The summed E-state index contributed by atoms with van der Waals surface area (Å²) in [6, 6.07) is 7.31. The quantitative estimate of drug-likeness (QED) is 0.890. The molecule has 2 rings (SSSR count). The number of hydrogen-bond acceptors (Lipinski definition) is 4. The van der Waals surface area contributed by atoms with Crippen LogP contribution in [-0.4, -0.2) is 67.4 Å². The van der Waals surface area contributed by atoms with Gasteiger partial charge < -0.3 is 15.5 Å². The number of benzene rings is 1. The molecule has 1 fully saturated rings. The molecule has 0 spiro atoms. The Kier molecular flexibility index (Phi) is 5.26. The second-order valence-electron chi connectivity index (χ2n) is 6.45. The molecule has 0 bridgehead atoms. The first kappa shape index (κ1) is 17.3. The molecule has 2 N–H and O–H groups in total. The van der Waals surface area contributed by atoms with E-state index < -0.39 is 6.04 Å². The summed E-state index contributed by atoms with van der Waals surface area (Å²) in [6.45, 7) is 5.68. The maximum atomic E-state index is 12.8. The van der Waals surface area contributed by atoms with E-state index in [0.717, 1.165) is 5.69 Å². The molecule has 1 aliphatic rings. The standard InChI is InChI=1S/C17H26N4O2/c1-12(2)21-9-8-20(11-15(21)16(18)22)17(23)13-6-5-7-14(10-13)19(3)4/h5-7,10,12,15H,8-9,11H2,1-4H3,(H2,18,22)/t15-/m1/s1. The largest absolute Gasteiger partial charge is 0.378 e. The Morgan fingerprint density at radius 1 is 1.26 bits per heavy atom. The summed E-state index contributed by atoms with van der Waals surface area (Å²) in [7, 11) is 3.88. The van der Waals surface area contributed by atoms with Gasteiger partial charge in [0.15, 0.2) is 0 Å². The molecule has 6 nitrogen and oxygen atoms in total. The highest BCUT2D eigenvalue weighted by Gasteiger charge is 2.34. The Morgan fingerprint density at radius 2 is 1.96 bits per heavy atom. The third-order valence-electron chi connectivity index (χ3n) is 4.31. The lowest BCUT2D eigenvalue weighted by molar-refractivity contribution is -0.126. The number of carbonyl (C=O) groups excluding carboxylic acids is 2. The molecule has 1 atom stereocenters. The van der Waals surface area contributed by atoms with E-state index in [1.807, 2.05) is 57.1 Å². The van der Waals surface area contributed by atoms with Crippen LogP contribution in [0.25, 0.3) is 0 Å². The molecule has 0 aromatic heterocycles. The number of nitrogens with zero attached hydrogens (tertiary/aromatic N) is 3. The molecule has 23 heavy (non-hydrogen) atoms. The lowest BCUT2D eigenvalue weighted by atomic mass is 10.1. The highest BCUT2D eigenvalue weighted by atomic mass is 16.2. The van der Waals surface area contributed by atoms with E-state index >= 15 is 0 Å². The number of nitrogens with two attached hydrogens (primary N) is 1. The molecule has 1 aromatic carbocycles. The summed E-state index contributed by atoms with van der Waals surface area (Å²) in [5.74, 6) is -0.429. The van der Waals surface area contributed by atoms with Crippen LogP contribution in [0.4, 0.5) is 5.69 Å². The van der Waals surface area contributed by atoms with Gasteiger partial charge in [-0.25, -0.2) is 0 Å². The lowest BCUT2D eigenvalue weighted by Crippen LogP contribution is -2.61. The Morgan fingerprint density at radius 3 is 2.52 bits per heavy atom. The Hall–Kier alpha value is -2.08. The molecular formula is C17H26N4O2. The smallest absolute Gasteiger partial charge is 0.254 e. The average molecular weight is 318 g/mol. The summed E-state index contributed by atoms with van der Waals surface area (Å²) in [6.07, 6.45) is 0. The average Bonchev–Trinajstić information content (AvgIpc) is 2.53. The first-order valence-corrected chi connectivity index (χ1v) is 7.93. The van der Waals surface area contributed by atoms with Crippen molar-refractivity contribution < 1.29 is 9.59 Å².